The lowest BCUT2D eigenvalue weighted by Gasteiger charge is -2.55. The Morgan fingerprint density at radius 2 is 1.79 bits per heavy atom. The second-order valence-electron chi connectivity index (χ2n) is 9.94. The quantitative estimate of drug-likeness (QED) is 0.363. The summed E-state index contributed by atoms with van der Waals surface area (Å²) in [4.78, 5) is -0.0871. The lowest BCUT2D eigenvalue weighted by atomic mass is 9.53. The minimum Gasteiger partial charge on any atom is -0.496 e. The van der Waals surface area contributed by atoms with Crippen LogP contribution in [0, 0.1) is 17.8 Å². The summed E-state index contributed by atoms with van der Waals surface area (Å²) in [6.45, 7) is -0.537. The number of hydrogen-bond donors (Lipinski definition) is 4. The average Bonchev–Trinajstić information content (AvgIpc) is 2.77. The number of aliphatic hydroxyl groups is 4. The highest BCUT2D eigenvalue weighted by Crippen LogP contribution is 2.61. The summed E-state index contributed by atoms with van der Waals surface area (Å²) in [5.74, 6) is 2.52. The van der Waals surface area contributed by atoms with Crippen LogP contribution in [0.2, 0.25) is 5.02 Å². The van der Waals surface area contributed by atoms with Crippen LogP contribution in [0.1, 0.15) is 37.7 Å². The highest BCUT2D eigenvalue weighted by Gasteiger charge is 2.53. The summed E-state index contributed by atoms with van der Waals surface area (Å²) in [5.41, 5.74) is 2.11. The maximum absolute atomic E-state index is 10.3. The third kappa shape index (κ3) is 4.16. The second-order valence-corrected chi connectivity index (χ2v) is 11.2. The van der Waals surface area contributed by atoms with Crippen LogP contribution in [-0.4, -0.2) is 69.7 Å². The number of ether oxygens (including phenoxy) is 3. The van der Waals surface area contributed by atoms with Gasteiger partial charge in [0.05, 0.1) is 18.7 Å². The van der Waals surface area contributed by atoms with E-state index >= 15 is 0 Å². The average molecular weight is 501 g/mol. The standard InChI is InChI=1S/C24H30Cl2O7/c1-31-22(18-13-4-11-5-14(18)9-24(26,7-11)8-13)12-2-3-15(25)16(6-12)32-23-21(30)20(29)19(28)17(10-27)33-23/h2-3,6,11,13-14,17,19-21,23,27-30H,4-5,7-10H2,1H3. The molecule has 5 fully saturated rings. The SMILES string of the molecule is COC(=C1C2CC3CC1CC(Cl)(C3)C2)c1ccc(Cl)c(OC2OC(CO)C(O)C(O)C2O)c1. The van der Waals surface area contributed by atoms with Gasteiger partial charge in [0.25, 0.3) is 0 Å². The van der Waals surface area contributed by atoms with Gasteiger partial charge < -0.3 is 34.6 Å². The van der Waals surface area contributed by atoms with E-state index in [0.717, 1.165) is 43.4 Å². The molecule has 33 heavy (non-hydrogen) atoms. The zero-order chi connectivity index (χ0) is 23.5. The molecule has 7 unspecified atom stereocenters. The number of methoxy groups -OCH3 is 1. The van der Waals surface area contributed by atoms with Crippen molar-refractivity contribution in [3.05, 3.63) is 34.4 Å². The summed E-state index contributed by atoms with van der Waals surface area (Å²) in [7, 11) is 1.66. The molecule has 9 heteroatoms. The molecule has 1 aromatic carbocycles. The molecule has 0 aromatic heterocycles. The van der Waals surface area contributed by atoms with Crippen molar-refractivity contribution in [1.82, 2.24) is 0 Å². The maximum Gasteiger partial charge on any atom is 0.229 e. The molecule has 5 aliphatic rings. The highest BCUT2D eigenvalue weighted by atomic mass is 35.5. The van der Waals surface area contributed by atoms with E-state index < -0.39 is 37.3 Å². The van der Waals surface area contributed by atoms with Crippen LogP contribution in [0.25, 0.3) is 5.76 Å². The van der Waals surface area contributed by atoms with Gasteiger partial charge in [0.15, 0.2) is 0 Å². The first kappa shape index (κ1) is 23.7. The number of allylic oxidation sites excluding steroid dienone is 1. The van der Waals surface area contributed by atoms with Crippen LogP contribution in [-0.2, 0) is 9.47 Å². The molecule has 182 valence electrons. The van der Waals surface area contributed by atoms with E-state index in [4.69, 9.17) is 37.4 Å². The number of halogens is 2. The van der Waals surface area contributed by atoms with Crippen LogP contribution in [0.4, 0.5) is 0 Å². The smallest absolute Gasteiger partial charge is 0.229 e. The van der Waals surface area contributed by atoms with Gasteiger partial charge in [-0.05, 0) is 73.6 Å². The number of hydrogen-bond acceptors (Lipinski definition) is 7. The van der Waals surface area contributed by atoms with Gasteiger partial charge in [0.2, 0.25) is 6.29 Å². The Labute approximate surface area is 202 Å². The van der Waals surface area contributed by atoms with Gasteiger partial charge in [-0.1, -0.05) is 11.6 Å². The topological polar surface area (TPSA) is 109 Å². The Hall–Kier alpha value is -1.06. The van der Waals surface area contributed by atoms with Crippen molar-refractivity contribution in [3.63, 3.8) is 0 Å². The first-order chi connectivity index (χ1) is 15.7. The molecular formula is C24H30Cl2O7. The number of rotatable bonds is 5. The third-order valence-electron chi connectivity index (χ3n) is 7.75. The first-order valence-electron chi connectivity index (χ1n) is 11.5. The summed E-state index contributed by atoms with van der Waals surface area (Å²) < 4.78 is 17.2. The van der Waals surface area contributed by atoms with Gasteiger partial charge >= 0.3 is 0 Å². The summed E-state index contributed by atoms with van der Waals surface area (Å²) >= 11 is 13.3. The fraction of sp³-hybridized carbons (Fsp3) is 0.667. The molecule has 4 aliphatic carbocycles. The molecule has 7 atom stereocenters. The molecule has 0 radical (unpaired) electrons. The normalized spacial score (nSPS) is 41.8. The van der Waals surface area contributed by atoms with Crippen molar-refractivity contribution in [2.45, 2.75) is 67.7 Å². The van der Waals surface area contributed by atoms with Gasteiger partial charge in [-0.2, -0.15) is 0 Å². The van der Waals surface area contributed by atoms with Crippen molar-refractivity contribution in [3.8, 4) is 5.75 Å². The maximum atomic E-state index is 10.3. The Morgan fingerprint density at radius 1 is 1.09 bits per heavy atom. The molecule has 1 saturated heterocycles. The van der Waals surface area contributed by atoms with Crippen LogP contribution in [0.3, 0.4) is 0 Å². The minimum atomic E-state index is -1.53. The van der Waals surface area contributed by atoms with Gasteiger partial charge in [-0.25, -0.2) is 0 Å². The van der Waals surface area contributed by atoms with Crippen LogP contribution < -0.4 is 4.74 Å². The van der Waals surface area contributed by atoms with Gasteiger partial charge in [-0.15, -0.1) is 11.6 Å². The van der Waals surface area contributed by atoms with E-state index in [1.165, 1.54) is 5.57 Å². The van der Waals surface area contributed by atoms with E-state index in [1.807, 2.05) is 6.07 Å². The first-order valence-corrected chi connectivity index (χ1v) is 12.2. The summed E-state index contributed by atoms with van der Waals surface area (Å²) in [6, 6.07) is 5.29. The summed E-state index contributed by atoms with van der Waals surface area (Å²) in [6.07, 6.45) is -1.59. The molecule has 1 heterocycles. The second kappa shape index (κ2) is 8.86. The zero-order valence-electron chi connectivity index (χ0n) is 18.4. The largest absolute Gasteiger partial charge is 0.496 e. The lowest BCUT2D eigenvalue weighted by Crippen LogP contribution is -2.60. The van der Waals surface area contributed by atoms with Gasteiger partial charge in [0, 0.05) is 10.4 Å². The number of aliphatic hydroxyl groups excluding tert-OH is 4. The third-order valence-corrected chi connectivity index (χ3v) is 8.52. The van der Waals surface area contributed by atoms with E-state index in [0.29, 0.717) is 22.8 Å². The fourth-order valence-corrected chi connectivity index (χ4v) is 7.24. The molecular weight excluding hydrogens is 471 g/mol. The van der Waals surface area contributed by atoms with Crippen LogP contribution in [0.15, 0.2) is 23.8 Å². The van der Waals surface area contributed by atoms with Crippen LogP contribution >= 0.6 is 23.2 Å². The van der Waals surface area contributed by atoms with Gasteiger partial charge in [0.1, 0.15) is 35.9 Å². The molecule has 1 aromatic rings. The van der Waals surface area contributed by atoms with Crippen molar-refractivity contribution < 1.29 is 34.6 Å². The van der Waals surface area contributed by atoms with Crippen molar-refractivity contribution >= 4 is 29.0 Å². The molecule has 6 rings (SSSR count). The molecule has 0 spiro atoms. The Balaban J connectivity index is 1.44. The molecule has 7 nitrogen and oxygen atoms in total. The molecule has 4 N–H and O–H groups in total. The number of benzene rings is 1. The van der Waals surface area contributed by atoms with Crippen molar-refractivity contribution in [1.29, 1.82) is 0 Å². The van der Waals surface area contributed by atoms with Crippen LogP contribution in [0.5, 0.6) is 5.75 Å². The van der Waals surface area contributed by atoms with Crippen molar-refractivity contribution in [2.75, 3.05) is 13.7 Å². The predicted octanol–water partition coefficient (Wildman–Crippen LogP) is 2.69. The highest BCUT2D eigenvalue weighted by molar-refractivity contribution is 6.32. The monoisotopic (exact) mass is 500 g/mol. The fourth-order valence-electron chi connectivity index (χ4n) is 6.49. The number of alkyl halides is 1. The Bertz CT molecular complexity index is 917. The Morgan fingerprint density at radius 3 is 2.39 bits per heavy atom. The van der Waals surface area contributed by atoms with E-state index in [1.54, 1.807) is 19.2 Å². The lowest BCUT2D eigenvalue weighted by molar-refractivity contribution is -0.277. The Kier molecular flexibility index (Phi) is 6.36. The van der Waals surface area contributed by atoms with E-state index in [-0.39, 0.29) is 10.6 Å². The molecule has 1 aliphatic heterocycles. The molecule has 4 bridgehead atoms. The predicted molar refractivity (Wildman–Crippen MR) is 122 cm³/mol. The van der Waals surface area contributed by atoms with E-state index in [2.05, 4.69) is 0 Å². The van der Waals surface area contributed by atoms with Gasteiger partial charge in [-0.3, -0.25) is 0 Å². The molecule has 4 saturated carbocycles. The zero-order valence-corrected chi connectivity index (χ0v) is 19.9. The van der Waals surface area contributed by atoms with Crippen molar-refractivity contribution in [2.24, 2.45) is 17.8 Å². The minimum absolute atomic E-state index is 0.0871. The summed E-state index contributed by atoms with van der Waals surface area (Å²) in [5, 5.41) is 40.1. The molecule has 0 amide bonds. The van der Waals surface area contributed by atoms with E-state index in [9.17, 15) is 20.4 Å².